The molecule has 11 nitrogen and oxygen atoms in total. The summed E-state index contributed by atoms with van der Waals surface area (Å²) >= 11 is 0. The zero-order valence-corrected chi connectivity index (χ0v) is 16.5. The SMILES string of the molecule is COc1cc(-c2nc3ccc([N+](=O)[O-])cc3[nH]2)cc(-c2nc3ccc([N+](=O)[O-])cc3[nH]2)c1. The summed E-state index contributed by atoms with van der Waals surface area (Å²) in [5.41, 5.74) is 3.56. The minimum atomic E-state index is -0.463. The molecule has 0 saturated carbocycles. The lowest BCUT2D eigenvalue weighted by molar-refractivity contribution is -0.384. The summed E-state index contributed by atoms with van der Waals surface area (Å²) in [4.78, 5) is 36.4. The van der Waals surface area contributed by atoms with Crippen molar-refractivity contribution in [1.29, 1.82) is 0 Å². The number of benzene rings is 3. The Morgan fingerprint density at radius 1 is 0.750 bits per heavy atom. The van der Waals surface area contributed by atoms with Crippen LogP contribution in [0.25, 0.3) is 44.8 Å². The molecule has 0 saturated heterocycles. The van der Waals surface area contributed by atoms with Crippen molar-refractivity contribution in [3.63, 3.8) is 0 Å². The monoisotopic (exact) mass is 430 g/mol. The van der Waals surface area contributed by atoms with Crippen molar-refractivity contribution in [2.24, 2.45) is 0 Å². The van der Waals surface area contributed by atoms with Crippen LogP contribution in [0.1, 0.15) is 0 Å². The highest BCUT2D eigenvalue weighted by Crippen LogP contribution is 2.32. The summed E-state index contributed by atoms with van der Waals surface area (Å²) in [6, 6.07) is 14.2. The summed E-state index contributed by atoms with van der Waals surface area (Å²) in [5, 5.41) is 22.1. The van der Waals surface area contributed by atoms with Gasteiger partial charge in [-0.15, -0.1) is 0 Å². The maximum Gasteiger partial charge on any atom is 0.271 e. The van der Waals surface area contributed by atoms with Gasteiger partial charge in [-0.25, -0.2) is 9.97 Å². The predicted octanol–water partition coefficient (Wildman–Crippen LogP) is 4.60. The zero-order chi connectivity index (χ0) is 22.4. The van der Waals surface area contributed by atoms with Crippen molar-refractivity contribution in [2.45, 2.75) is 0 Å². The van der Waals surface area contributed by atoms with Gasteiger partial charge in [-0.1, -0.05) is 0 Å². The van der Waals surface area contributed by atoms with Crippen LogP contribution in [0.15, 0.2) is 54.6 Å². The van der Waals surface area contributed by atoms with Crippen LogP contribution in [0.2, 0.25) is 0 Å². The van der Waals surface area contributed by atoms with Crippen LogP contribution in [0, 0.1) is 20.2 Å². The lowest BCUT2D eigenvalue weighted by atomic mass is 10.1. The van der Waals surface area contributed by atoms with Crippen molar-refractivity contribution in [3.05, 3.63) is 74.8 Å². The number of fused-ring (bicyclic) bond motifs is 2. The molecule has 32 heavy (non-hydrogen) atoms. The summed E-state index contributed by atoms with van der Waals surface area (Å²) in [6.45, 7) is 0. The van der Waals surface area contributed by atoms with Crippen LogP contribution in [-0.2, 0) is 0 Å². The minimum Gasteiger partial charge on any atom is -0.497 e. The van der Waals surface area contributed by atoms with Gasteiger partial charge < -0.3 is 14.7 Å². The minimum absolute atomic E-state index is 0.0320. The number of nitrogens with one attached hydrogen (secondary N) is 2. The van der Waals surface area contributed by atoms with Gasteiger partial charge in [0.1, 0.15) is 17.4 Å². The summed E-state index contributed by atoms with van der Waals surface area (Å²) in [5.74, 6) is 1.56. The summed E-state index contributed by atoms with van der Waals surface area (Å²) in [7, 11) is 1.53. The molecule has 2 aromatic heterocycles. The Hall–Kier alpha value is -4.80. The van der Waals surface area contributed by atoms with Gasteiger partial charge >= 0.3 is 0 Å². The molecule has 0 fully saturated rings. The van der Waals surface area contributed by atoms with Crippen LogP contribution in [0.5, 0.6) is 5.75 Å². The van der Waals surface area contributed by atoms with Crippen molar-refractivity contribution in [2.75, 3.05) is 7.11 Å². The molecule has 0 aliphatic rings. The average molecular weight is 430 g/mol. The Balaban J connectivity index is 1.61. The molecule has 5 aromatic rings. The smallest absolute Gasteiger partial charge is 0.271 e. The molecule has 0 unspecified atom stereocenters. The predicted molar refractivity (Wildman–Crippen MR) is 116 cm³/mol. The highest BCUT2D eigenvalue weighted by molar-refractivity contribution is 5.84. The van der Waals surface area contributed by atoms with Crippen LogP contribution in [-0.4, -0.2) is 36.9 Å². The van der Waals surface area contributed by atoms with Gasteiger partial charge in [-0.2, -0.15) is 0 Å². The van der Waals surface area contributed by atoms with Crippen molar-refractivity contribution in [3.8, 4) is 28.5 Å². The lowest BCUT2D eigenvalue weighted by Crippen LogP contribution is -1.89. The fourth-order valence-corrected chi connectivity index (χ4v) is 3.49. The number of aromatic amines is 2. The van der Waals surface area contributed by atoms with Crippen LogP contribution in [0.3, 0.4) is 0 Å². The van der Waals surface area contributed by atoms with Crippen LogP contribution >= 0.6 is 0 Å². The first-order valence-corrected chi connectivity index (χ1v) is 9.39. The highest BCUT2D eigenvalue weighted by atomic mass is 16.6. The Morgan fingerprint density at radius 2 is 1.22 bits per heavy atom. The molecule has 5 rings (SSSR count). The topological polar surface area (TPSA) is 153 Å². The first kappa shape index (κ1) is 19.2. The Kier molecular flexibility index (Phi) is 4.29. The van der Waals surface area contributed by atoms with E-state index in [1.165, 1.54) is 31.4 Å². The standard InChI is InChI=1S/C21H14N6O5/c1-32-15-7-11(20-22-16-4-2-13(26(28)29)9-18(16)24-20)6-12(8-15)21-23-17-5-3-14(27(30)31)10-19(17)25-21/h2-10H,1H3,(H,22,24)(H,23,25). The lowest BCUT2D eigenvalue weighted by Gasteiger charge is -2.06. The normalized spacial score (nSPS) is 11.2. The second-order valence-electron chi connectivity index (χ2n) is 7.04. The average Bonchev–Trinajstić information content (AvgIpc) is 3.41. The molecular weight excluding hydrogens is 416 g/mol. The van der Waals surface area contributed by atoms with E-state index in [2.05, 4.69) is 19.9 Å². The Morgan fingerprint density at radius 3 is 1.62 bits per heavy atom. The van der Waals surface area contributed by atoms with E-state index in [0.717, 1.165) is 0 Å². The second kappa shape index (κ2) is 7.16. The number of hydrogen-bond donors (Lipinski definition) is 2. The number of hydrogen-bond acceptors (Lipinski definition) is 7. The Bertz CT molecular complexity index is 1430. The van der Waals surface area contributed by atoms with E-state index in [0.29, 0.717) is 50.6 Å². The summed E-state index contributed by atoms with van der Waals surface area (Å²) < 4.78 is 5.43. The molecule has 0 spiro atoms. The first-order valence-electron chi connectivity index (χ1n) is 9.39. The molecule has 158 valence electrons. The van der Waals surface area contributed by atoms with Gasteiger partial charge in [0, 0.05) is 35.4 Å². The van der Waals surface area contributed by atoms with Gasteiger partial charge in [0.25, 0.3) is 11.4 Å². The summed E-state index contributed by atoms with van der Waals surface area (Å²) in [6.07, 6.45) is 0. The number of rotatable bonds is 5. The quantitative estimate of drug-likeness (QED) is 0.305. The van der Waals surface area contributed by atoms with E-state index in [1.807, 2.05) is 6.07 Å². The van der Waals surface area contributed by atoms with Crippen LogP contribution < -0.4 is 4.74 Å². The molecule has 11 heteroatoms. The molecule has 0 amide bonds. The maximum atomic E-state index is 11.0. The number of non-ortho nitro benzene ring substituents is 2. The zero-order valence-electron chi connectivity index (χ0n) is 16.5. The maximum absolute atomic E-state index is 11.0. The number of H-pyrrole nitrogens is 2. The number of nitrogens with zero attached hydrogens (tertiary/aromatic N) is 4. The third kappa shape index (κ3) is 3.27. The molecular formula is C21H14N6O5. The van der Waals surface area contributed by atoms with Crippen LogP contribution in [0.4, 0.5) is 11.4 Å². The third-order valence-electron chi connectivity index (χ3n) is 5.04. The number of ether oxygens (including phenoxy) is 1. The largest absolute Gasteiger partial charge is 0.497 e. The van der Waals surface area contributed by atoms with Gasteiger partial charge in [0.05, 0.1) is 39.0 Å². The van der Waals surface area contributed by atoms with E-state index in [4.69, 9.17) is 4.74 Å². The molecule has 0 bridgehead atoms. The second-order valence-corrected chi connectivity index (χ2v) is 7.04. The number of imidazole rings is 2. The van der Waals surface area contributed by atoms with E-state index >= 15 is 0 Å². The molecule has 0 aliphatic heterocycles. The Labute approximate surface area is 179 Å². The van der Waals surface area contributed by atoms with E-state index in [1.54, 1.807) is 24.3 Å². The fourth-order valence-electron chi connectivity index (χ4n) is 3.49. The number of methoxy groups -OCH3 is 1. The van der Waals surface area contributed by atoms with Gasteiger partial charge in [-0.05, 0) is 30.3 Å². The molecule has 2 N–H and O–H groups in total. The fraction of sp³-hybridized carbons (Fsp3) is 0.0476. The molecule has 0 radical (unpaired) electrons. The van der Waals surface area contributed by atoms with E-state index in [-0.39, 0.29) is 11.4 Å². The van der Waals surface area contributed by atoms with Crippen molar-refractivity contribution < 1.29 is 14.6 Å². The number of aromatic nitrogens is 4. The van der Waals surface area contributed by atoms with E-state index < -0.39 is 9.85 Å². The third-order valence-corrected chi connectivity index (χ3v) is 5.04. The molecule has 0 aliphatic carbocycles. The van der Waals surface area contributed by atoms with E-state index in [9.17, 15) is 20.2 Å². The highest BCUT2D eigenvalue weighted by Gasteiger charge is 2.15. The number of nitro benzene ring substituents is 2. The molecule has 2 heterocycles. The van der Waals surface area contributed by atoms with Gasteiger partial charge in [0.15, 0.2) is 0 Å². The van der Waals surface area contributed by atoms with Crippen molar-refractivity contribution in [1.82, 2.24) is 19.9 Å². The molecule has 0 atom stereocenters. The van der Waals surface area contributed by atoms with Gasteiger partial charge in [-0.3, -0.25) is 20.2 Å². The van der Waals surface area contributed by atoms with Crippen molar-refractivity contribution >= 4 is 33.4 Å². The first-order chi connectivity index (χ1) is 15.4. The molecule has 3 aromatic carbocycles. The number of nitro groups is 2. The van der Waals surface area contributed by atoms with Gasteiger partial charge in [0.2, 0.25) is 0 Å².